The Labute approximate surface area is 203 Å². The van der Waals surface area contributed by atoms with E-state index in [0.717, 1.165) is 49.7 Å². The maximum atomic E-state index is 13.3. The molecule has 9 heteroatoms. The van der Waals surface area contributed by atoms with Crippen LogP contribution in [0.1, 0.15) is 48.7 Å². The van der Waals surface area contributed by atoms with E-state index in [1.807, 2.05) is 34.8 Å². The van der Waals surface area contributed by atoms with Crippen LogP contribution in [-0.2, 0) is 6.54 Å². The van der Waals surface area contributed by atoms with Crippen molar-refractivity contribution in [2.24, 2.45) is 0 Å². The molecule has 5 rings (SSSR count). The van der Waals surface area contributed by atoms with Gasteiger partial charge < -0.3 is 14.2 Å². The fourth-order valence-electron chi connectivity index (χ4n) is 5.13. The third-order valence-corrected chi connectivity index (χ3v) is 7.71. The first-order valence-electron chi connectivity index (χ1n) is 12.1. The van der Waals surface area contributed by atoms with Gasteiger partial charge in [0, 0.05) is 62.2 Å². The molecule has 0 bridgehead atoms. The highest BCUT2D eigenvalue weighted by Gasteiger charge is 2.31. The van der Waals surface area contributed by atoms with Crippen molar-refractivity contribution in [1.82, 2.24) is 24.3 Å². The average molecular weight is 482 g/mol. The fraction of sp³-hybridized carbons (Fsp3) is 0.520. The Hall–Kier alpha value is -2.78. The number of fused-ring (bicyclic) bond motifs is 1. The van der Waals surface area contributed by atoms with E-state index in [0.29, 0.717) is 36.7 Å². The number of rotatable bonds is 5. The molecule has 2 saturated heterocycles. The lowest BCUT2D eigenvalue weighted by Gasteiger charge is -2.41. The molecule has 0 saturated carbocycles. The van der Waals surface area contributed by atoms with Crippen molar-refractivity contribution in [2.45, 2.75) is 58.2 Å². The van der Waals surface area contributed by atoms with Crippen molar-refractivity contribution in [3.05, 3.63) is 51.4 Å². The van der Waals surface area contributed by atoms with E-state index >= 15 is 0 Å². The number of carbonyl (C=O) groups excluding carboxylic acids is 1. The van der Waals surface area contributed by atoms with Crippen molar-refractivity contribution >= 4 is 28.3 Å². The Morgan fingerprint density at radius 2 is 1.91 bits per heavy atom. The fourth-order valence-corrected chi connectivity index (χ4v) is 5.68. The SMILES string of the molecule is CCn1cc(C(=O)N2CCC(N3CCC(Oc4nccs4)CC3)CC2)c(=O)c2ccc(C)nc21. The summed E-state index contributed by atoms with van der Waals surface area (Å²) in [7, 11) is 0. The summed E-state index contributed by atoms with van der Waals surface area (Å²) in [4.78, 5) is 39.6. The van der Waals surface area contributed by atoms with Gasteiger partial charge >= 0.3 is 0 Å². The Balaban J connectivity index is 1.21. The first kappa shape index (κ1) is 23.0. The Kier molecular flexibility index (Phi) is 6.65. The number of amides is 1. The molecule has 180 valence electrons. The molecule has 0 aliphatic carbocycles. The van der Waals surface area contributed by atoms with Gasteiger partial charge in [0.15, 0.2) is 0 Å². The normalized spacial score (nSPS) is 18.5. The van der Waals surface area contributed by atoms with Crippen LogP contribution in [0.4, 0.5) is 0 Å². The highest BCUT2D eigenvalue weighted by Crippen LogP contribution is 2.25. The van der Waals surface area contributed by atoms with E-state index in [4.69, 9.17) is 4.74 Å². The minimum absolute atomic E-state index is 0.163. The van der Waals surface area contributed by atoms with Crippen LogP contribution < -0.4 is 10.2 Å². The van der Waals surface area contributed by atoms with Gasteiger partial charge in [-0.1, -0.05) is 11.3 Å². The third-order valence-electron chi connectivity index (χ3n) is 7.05. The topological polar surface area (TPSA) is 80.6 Å². The molecule has 1 amide bonds. The highest BCUT2D eigenvalue weighted by atomic mass is 32.1. The van der Waals surface area contributed by atoms with E-state index in [1.54, 1.807) is 18.5 Å². The van der Waals surface area contributed by atoms with Crippen LogP contribution in [0.3, 0.4) is 0 Å². The van der Waals surface area contributed by atoms with Crippen LogP contribution in [-0.4, -0.2) is 68.6 Å². The van der Waals surface area contributed by atoms with E-state index in [2.05, 4.69) is 14.9 Å². The van der Waals surface area contributed by atoms with E-state index in [1.165, 1.54) is 11.3 Å². The molecule has 0 unspecified atom stereocenters. The number of hydrogen-bond donors (Lipinski definition) is 0. The summed E-state index contributed by atoms with van der Waals surface area (Å²) < 4.78 is 7.89. The molecule has 3 aromatic heterocycles. The van der Waals surface area contributed by atoms with Crippen LogP contribution in [0, 0.1) is 6.92 Å². The molecule has 8 nitrogen and oxygen atoms in total. The molecule has 0 N–H and O–H groups in total. The molecule has 2 aliphatic rings. The monoisotopic (exact) mass is 481 g/mol. The smallest absolute Gasteiger partial charge is 0.273 e. The van der Waals surface area contributed by atoms with Gasteiger partial charge in [-0.2, -0.15) is 0 Å². The Bertz CT molecular complexity index is 1210. The molecule has 0 radical (unpaired) electrons. The first-order chi connectivity index (χ1) is 16.5. The maximum Gasteiger partial charge on any atom is 0.273 e. The number of piperidine rings is 2. The van der Waals surface area contributed by atoms with Crippen LogP contribution in [0.2, 0.25) is 0 Å². The molecule has 5 heterocycles. The molecule has 2 fully saturated rings. The van der Waals surface area contributed by atoms with Crippen molar-refractivity contribution < 1.29 is 9.53 Å². The molecule has 34 heavy (non-hydrogen) atoms. The lowest BCUT2D eigenvalue weighted by Crippen LogP contribution is -2.50. The third kappa shape index (κ3) is 4.59. The van der Waals surface area contributed by atoms with Gasteiger partial charge in [-0.3, -0.25) is 14.5 Å². The van der Waals surface area contributed by atoms with Crippen LogP contribution in [0.15, 0.2) is 34.7 Å². The van der Waals surface area contributed by atoms with Gasteiger partial charge in [0.05, 0.1) is 5.39 Å². The molecular formula is C25H31N5O3S. The largest absolute Gasteiger partial charge is 0.467 e. The average Bonchev–Trinajstić information content (AvgIpc) is 3.37. The molecule has 0 aromatic carbocycles. The first-order valence-corrected chi connectivity index (χ1v) is 13.0. The quantitative estimate of drug-likeness (QED) is 0.556. The van der Waals surface area contributed by atoms with E-state index in [-0.39, 0.29) is 23.0 Å². The standard InChI is InChI=1S/C25H31N5O3S/c1-3-28-16-21(22(31)20-5-4-17(2)27-23(20)28)24(32)30-11-6-18(7-12-30)29-13-8-19(9-14-29)33-25-26-10-15-34-25/h4-5,10,15-16,18-19H,3,6-9,11-14H2,1-2H3. The van der Waals surface area contributed by atoms with Crippen LogP contribution in [0.25, 0.3) is 11.0 Å². The number of nitrogens with zero attached hydrogens (tertiary/aromatic N) is 5. The zero-order valence-corrected chi connectivity index (χ0v) is 20.6. The zero-order valence-electron chi connectivity index (χ0n) is 19.8. The summed E-state index contributed by atoms with van der Waals surface area (Å²) >= 11 is 1.54. The van der Waals surface area contributed by atoms with Crippen molar-refractivity contribution in [1.29, 1.82) is 0 Å². The van der Waals surface area contributed by atoms with Gasteiger partial charge in [-0.05, 0) is 51.7 Å². The minimum Gasteiger partial charge on any atom is -0.467 e. The number of thiazole rings is 1. The number of pyridine rings is 2. The molecule has 0 atom stereocenters. The van der Waals surface area contributed by atoms with E-state index < -0.39 is 0 Å². The molecule has 3 aromatic rings. The second kappa shape index (κ2) is 9.84. The Morgan fingerprint density at radius 1 is 1.15 bits per heavy atom. The van der Waals surface area contributed by atoms with Crippen LogP contribution in [0.5, 0.6) is 5.19 Å². The number of likely N-dealkylation sites (tertiary alicyclic amines) is 2. The summed E-state index contributed by atoms with van der Waals surface area (Å²) in [5.74, 6) is -0.163. The molecular weight excluding hydrogens is 450 g/mol. The van der Waals surface area contributed by atoms with Gasteiger partial charge in [0.25, 0.3) is 11.1 Å². The second-order valence-electron chi connectivity index (χ2n) is 9.16. The van der Waals surface area contributed by atoms with Crippen molar-refractivity contribution in [3.63, 3.8) is 0 Å². The van der Waals surface area contributed by atoms with Gasteiger partial charge in [0.2, 0.25) is 5.43 Å². The highest BCUT2D eigenvalue weighted by molar-refractivity contribution is 7.11. The number of hydrogen-bond acceptors (Lipinski definition) is 7. The number of aromatic nitrogens is 3. The van der Waals surface area contributed by atoms with Crippen molar-refractivity contribution in [2.75, 3.05) is 26.2 Å². The zero-order chi connectivity index (χ0) is 23.7. The number of ether oxygens (including phenoxy) is 1. The summed E-state index contributed by atoms with van der Waals surface area (Å²) in [6.07, 6.45) is 7.56. The Morgan fingerprint density at radius 3 is 2.59 bits per heavy atom. The van der Waals surface area contributed by atoms with Gasteiger partial charge in [-0.25, -0.2) is 9.97 Å². The number of aryl methyl sites for hydroxylation is 2. The molecule has 0 spiro atoms. The predicted molar refractivity (Wildman–Crippen MR) is 133 cm³/mol. The summed E-state index contributed by atoms with van der Waals surface area (Å²) in [6, 6.07) is 4.09. The minimum atomic E-state index is -0.221. The summed E-state index contributed by atoms with van der Waals surface area (Å²) in [5.41, 5.74) is 1.53. The van der Waals surface area contributed by atoms with Gasteiger partial charge in [0.1, 0.15) is 17.3 Å². The second-order valence-corrected chi connectivity index (χ2v) is 10.0. The number of carbonyl (C=O) groups is 1. The maximum absolute atomic E-state index is 13.3. The van der Waals surface area contributed by atoms with Gasteiger partial charge in [-0.15, -0.1) is 0 Å². The summed E-state index contributed by atoms with van der Waals surface area (Å²) in [5, 5.41) is 3.20. The molecule has 2 aliphatic heterocycles. The van der Waals surface area contributed by atoms with E-state index in [9.17, 15) is 9.59 Å². The lowest BCUT2D eigenvalue weighted by atomic mass is 9.98. The summed E-state index contributed by atoms with van der Waals surface area (Å²) in [6.45, 7) is 7.92. The van der Waals surface area contributed by atoms with Crippen molar-refractivity contribution in [3.8, 4) is 5.19 Å². The predicted octanol–water partition coefficient (Wildman–Crippen LogP) is 3.33. The lowest BCUT2D eigenvalue weighted by molar-refractivity contribution is 0.0424. The van der Waals surface area contributed by atoms with Crippen LogP contribution >= 0.6 is 11.3 Å².